The number of nitrogens with one attached hydrogen (secondary N) is 2. The monoisotopic (exact) mass is 534 g/mol. The van der Waals surface area contributed by atoms with Gasteiger partial charge in [0.15, 0.2) is 0 Å². The Bertz CT molecular complexity index is 1250. The Hall–Kier alpha value is -3.47. The molecule has 5 N–H and O–H groups in total. The first-order valence-electron chi connectivity index (χ1n) is 12.0. The quantitative estimate of drug-likeness (QED) is 0.238. The van der Waals surface area contributed by atoms with Crippen molar-refractivity contribution in [2.24, 2.45) is 0 Å². The zero-order valence-corrected chi connectivity index (χ0v) is 20.7. The lowest BCUT2D eigenvalue weighted by molar-refractivity contribution is -0.137. The number of rotatable bonds is 11. The molecule has 6 nitrogen and oxygen atoms in total. The van der Waals surface area contributed by atoms with E-state index in [-0.39, 0.29) is 43.5 Å². The summed E-state index contributed by atoms with van der Waals surface area (Å²) < 4.78 is 52.5. The van der Waals surface area contributed by atoms with Crippen molar-refractivity contribution in [2.75, 3.05) is 6.54 Å². The van der Waals surface area contributed by atoms with Gasteiger partial charge in [0, 0.05) is 30.3 Å². The van der Waals surface area contributed by atoms with E-state index in [1.54, 1.807) is 24.3 Å². The van der Waals surface area contributed by atoms with Crippen LogP contribution in [0.5, 0.6) is 5.75 Å². The number of benzene rings is 3. The van der Waals surface area contributed by atoms with Crippen LogP contribution in [0.2, 0.25) is 0 Å². The Labute approximate surface area is 218 Å². The van der Waals surface area contributed by atoms with E-state index in [1.165, 1.54) is 6.07 Å². The maximum Gasteiger partial charge on any atom is 0.416 e. The van der Waals surface area contributed by atoms with Gasteiger partial charge in [0.1, 0.15) is 11.6 Å². The number of aliphatic hydroxyl groups is 2. The summed E-state index contributed by atoms with van der Waals surface area (Å²) in [5.41, 5.74) is 1.28. The molecule has 0 aromatic heterocycles. The molecule has 3 rings (SSSR count). The SMILES string of the molecule is CC(Cc1cccc(CC(=O)NCc2cc(C(F)(F)F)ccc2F)c1)NC[C@H](O)c1ccc(O)c(CO)c1. The number of hydrogen-bond donors (Lipinski definition) is 5. The molecule has 204 valence electrons. The molecule has 3 aromatic carbocycles. The second-order valence-corrected chi connectivity index (χ2v) is 9.15. The average Bonchev–Trinajstić information content (AvgIpc) is 2.86. The highest BCUT2D eigenvalue weighted by Crippen LogP contribution is 2.30. The van der Waals surface area contributed by atoms with Crippen molar-refractivity contribution in [3.8, 4) is 5.75 Å². The Balaban J connectivity index is 1.51. The van der Waals surface area contributed by atoms with Crippen LogP contribution in [-0.4, -0.2) is 33.8 Å². The van der Waals surface area contributed by atoms with Gasteiger partial charge in [-0.25, -0.2) is 4.39 Å². The number of carbonyl (C=O) groups excluding carboxylic acids is 1. The van der Waals surface area contributed by atoms with Crippen molar-refractivity contribution in [3.63, 3.8) is 0 Å². The molecule has 2 atom stereocenters. The maximum atomic E-state index is 13.9. The summed E-state index contributed by atoms with van der Waals surface area (Å²) in [5, 5.41) is 35.1. The second kappa shape index (κ2) is 12.9. The Kier molecular flexibility index (Phi) is 9.84. The third-order valence-electron chi connectivity index (χ3n) is 6.07. The van der Waals surface area contributed by atoms with Crippen molar-refractivity contribution in [3.05, 3.63) is 99.9 Å². The van der Waals surface area contributed by atoms with Gasteiger partial charge in [-0.1, -0.05) is 30.3 Å². The van der Waals surface area contributed by atoms with E-state index in [4.69, 9.17) is 0 Å². The molecule has 0 saturated heterocycles. The minimum absolute atomic E-state index is 0.0248. The summed E-state index contributed by atoms with van der Waals surface area (Å²) in [6.45, 7) is 1.47. The van der Waals surface area contributed by atoms with Gasteiger partial charge in [-0.15, -0.1) is 0 Å². The van der Waals surface area contributed by atoms with Gasteiger partial charge in [-0.3, -0.25) is 4.79 Å². The summed E-state index contributed by atoms with van der Waals surface area (Å²) in [7, 11) is 0. The highest BCUT2D eigenvalue weighted by atomic mass is 19.4. The van der Waals surface area contributed by atoms with E-state index >= 15 is 0 Å². The first-order valence-corrected chi connectivity index (χ1v) is 12.0. The first kappa shape index (κ1) is 29.1. The van der Waals surface area contributed by atoms with Crippen LogP contribution in [0.25, 0.3) is 0 Å². The number of carbonyl (C=O) groups is 1. The molecule has 38 heavy (non-hydrogen) atoms. The summed E-state index contributed by atoms with van der Waals surface area (Å²) >= 11 is 0. The van der Waals surface area contributed by atoms with E-state index in [9.17, 15) is 37.7 Å². The van der Waals surface area contributed by atoms with Gasteiger partial charge in [0.05, 0.1) is 24.7 Å². The van der Waals surface area contributed by atoms with Gasteiger partial charge in [0.2, 0.25) is 5.91 Å². The van der Waals surface area contributed by atoms with E-state index in [2.05, 4.69) is 10.6 Å². The van der Waals surface area contributed by atoms with Crippen LogP contribution in [-0.2, 0) is 37.0 Å². The molecule has 0 bridgehead atoms. The minimum atomic E-state index is -4.61. The number of aliphatic hydroxyl groups excluding tert-OH is 2. The normalized spacial score (nSPS) is 13.2. The Morgan fingerprint density at radius 3 is 2.45 bits per heavy atom. The molecule has 0 saturated carbocycles. The third kappa shape index (κ3) is 8.27. The van der Waals surface area contributed by atoms with Gasteiger partial charge < -0.3 is 26.0 Å². The van der Waals surface area contributed by atoms with Crippen LogP contribution in [0, 0.1) is 5.82 Å². The van der Waals surface area contributed by atoms with Gasteiger partial charge in [-0.2, -0.15) is 13.2 Å². The van der Waals surface area contributed by atoms with Crippen LogP contribution in [0.15, 0.2) is 60.7 Å². The fourth-order valence-electron chi connectivity index (χ4n) is 3.99. The molecule has 0 heterocycles. The Morgan fingerprint density at radius 1 is 1.00 bits per heavy atom. The van der Waals surface area contributed by atoms with Gasteiger partial charge in [-0.05, 0) is 60.4 Å². The zero-order chi connectivity index (χ0) is 27.9. The summed E-state index contributed by atoms with van der Waals surface area (Å²) in [6.07, 6.45) is -4.88. The second-order valence-electron chi connectivity index (χ2n) is 9.15. The van der Waals surface area contributed by atoms with Crippen LogP contribution in [0.4, 0.5) is 17.6 Å². The third-order valence-corrected chi connectivity index (χ3v) is 6.07. The molecule has 0 aliphatic carbocycles. The van der Waals surface area contributed by atoms with Crippen molar-refractivity contribution in [2.45, 2.75) is 51.2 Å². The average molecular weight is 535 g/mol. The van der Waals surface area contributed by atoms with Gasteiger partial charge >= 0.3 is 6.18 Å². The molecule has 0 radical (unpaired) electrons. The maximum absolute atomic E-state index is 13.9. The first-order chi connectivity index (χ1) is 18.0. The van der Waals surface area contributed by atoms with Crippen LogP contribution < -0.4 is 10.6 Å². The number of phenols is 1. The molecule has 1 unspecified atom stereocenters. The lowest BCUT2D eigenvalue weighted by atomic mass is 10.0. The summed E-state index contributed by atoms with van der Waals surface area (Å²) in [5.74, 6) is -1.32. The van der Waals surface area contributed by atoms with E-state index < -0.39 is 29.6 Å². The van der Waals surface area contributed by atoms with Gasteiger partial charge in [0.25, 0.3) is 0 Å². The Morgan fingerprint density at radius 2 is 1.74 bits per heavy atom. The lowest BCUT2D eigenvalue weighted by Gasteiger charge is -2.18. The van der Waals surface area contributed by atoms with Crippen LogP contribution in [0.3, 0.4) is 0 Å². The number of halogens is 4. The topological polar surface area (TPSA) is 102 Å². The summed E-state index contributed by atoms with van der Waals surface area (Å²) in [6, 6.07) is 13.9. The number of aromatic hydroxyl groups is 1. The van der Waals surface area contributed by atoms with Crippen molar-refractivity contribution in [1.29, 1.82) is 0 Å². The molecule has 0 aliphatic rings. The number of amides is 1. The van der Waals surface area contributed by atoms with Crippen LogP contribution in [0.1, 0.15) is 46.4 Å². The zero-order valence-electron chi connectivity index (χ0n) is 20.7. The molecule has 0 spiro atoms. The van der Waals surface area contributed by atoms with Crippen molar-refractivity contribution >= 4 is 5.91 Å². The van der Waals surface area contributed by atoms with Crippen molar-refractivity contribution < 1.29 is 37.7 Å². The minimum Gasteiger partial charge on any atom is -0.508 e. The largest absolute Gasteiger partial charge is 0.508 e. The predicted molar refractivity (Wildman–Crippen MR) is 134 cm³/mol. The molecule has 1 amide bonds. The number of alkyl halides is 3. The standard InChI is InChI=1S/C28H30F4N2O4/c1-17(33-15-26(37)20-5-8-25(36)22(12-20)16-35)9-18-3-2-4-19(10-18)11-27(38)34-14-21-13-23(28(30,31)32)6-7-24(21)29/h2-8,10,12-13,17,26,33,35-37H,9,11,14-16H2,1H3,(H,34,38)/t17?,26-/m0/s1. The molecule has 0 fully saturated rings. The molecule has 3 aromatic rings. The van der Waals surface area contributed by atoms with Crippen LogP contribution >= 0.6 is 0 Å². The van der Waals surface area contributed by atoms with E-state index in [0.29, 0.717) is 35.2 Å². The molecule has 10 heteroatoms. The van der Waals surface area contributed by atoms with E-state index in [0.717, 1.165) is 11.6 Å². The smallest absolute Gasteiger partial charge is 0.416 e. The molecule has 0 aliphatic heterocycles. The van der Waals surface area contributed by atoms with Crippen molar-refractivity contribution in [1.82, 2.24) is 10.6 Å². The fraction of sp³-hybridized carbons (Fsp3) is 0.321. The highest BCUT2D eigenvalue weighted by Gasteiger charge is 2.31. The molecular weight excluding hydrogens is 504 g/mol. The highest BCUT2D eigenvalue weighted by molar-refractivity contribution is 5.78. The lowest BCUT2D eigenvalue weighted by Crippen LogP contribution is -2.32. The summed E-state index contributed by atoms with van der Waals surface area (Å²) in [4.78, 5) is 12.4. The fourth-order valence-corrected chi connectivity index (χ4v) is 3.99. The number of hydrogen-bond acceptors (Lipinski definition) is 5. The van der Waals surface area contributed by atoms with E-state index in [1.807, 2.05) is 19.1 Å². The molecular formula is C28H30F4N2O4. The predicted octanol–water partition coefficient (Wildman–Crippen LogP) is 4.16.